The second kappa shape index (κ2) is 10.8. The van der Waals surface area contributed by atoms with Gasteiger partial charge in [-0.2, -0.15) is 0 Å². The second-order valence-electron chi connectivity index (χ2n) is 5.70. The van der Waals surface area contributed by atoms with Gasteiger partial charge in [-0.15, -0.1) is 0 Å². The van der Waals surface area contributed by atoms with E-state index in [2.05, 4.69) is 18.3 Å². The molecule has 1 N–H and O–H groups in total. The molecule has 0 radical (unpaired) electrons. The molecule has 1 rings (SSSR count). The molecule has 0 saturated carbocycles. The van der Waals surface area contributed by atoms with Crippen molar-refractivity contribution in [1.82, 2.24) is 0 Å². The van der Waals surface area contributed by atoms with E-state index in [4.69, 9.17) is 16.3 Å². The zero-order valence-corrected chi connectivity index (χ0v) is 14.6. The molecule has 0 heterocycles. The van der Waals surface area contributed by atoms with Gasteiger partial charge in [-0.3, -0.25) is 0 Å². The van der Waals surface area contributed by atoms with E-state index in [9.17, 15) is 0 Å². The van der Waals surface area contributed by atoms with E-state index >= 15 is 0 Å². The first-order chi connectivity index (χ1) is 10.2. The monoisotopic (exact) mass is 311 g/mol. The first-order valence-electron chi connectivity index (χ1n) is 8.27. The summed E-state index contributed by atoms with van der Waals surface area (Å²) in [4.78, 5) is 0. The molecule has 0 aromatic heterocycles. The highest BCUT2D eigenvalue weighted by atomic mass is 35.5. The Morgan fingerprint density at radius 3 is 2.24 bits per heavy atom. The molecule has 0 fully saturated rings. The number of hydrogen-bond donors (Lipinski definition) is 1. The fraction of sp³-hybridized carbons (Fsp3) is 0.667. The molecule has 0 atom stereocenters. The standard InChI is InChI=1S/C18H30ClNO/c1-4-5-6-7-8-9-10-11-12-20-17-13-15(2)16(19)14-18(17)21-3/h13-14,20H,4-12H2,1-3H3. The number of anilines is 1. The van der Waals surface area contributed by atoms with Gasteiger partial charge in [0.1, 0.15) is 5.75 Å². The number of nitrogens with one attached hydrogen (secondary N) is 1. The molecule has 0 amide bonds. The van der Waals surface area contributed by atoms with Crippen LogP contribution >= 0.6 is 11.6 Å². The molecule has 2 nitrogen and oxygen atoms in total. The van der Waals surface area contributed by atoms with Crippen LogP contribution in [0.3, 0.4) is 0 Å². The highest BCUT2D eigenvalue weighted by Crippen LogP contribution is 2.30. The summed E-state index contributed by atoms with van der Waals surface area (Å²) in [6, 6.07) is 3.94. The van der Waals surface area contributed by atoms with Crippen LogP contribution in [-0.4, -0.2) is 13.7 Å². The van der Waals surface area contributed by atoms with E-state index in [0.29, 0.717) is 0 Å². The summed E-state index contributed by atoms with van der Waals surface area (Å²) in [5.41, 5.74) is 2.12. The number of benzene rings is 1. The molecule has 0 aliphatic carbocycles. The van der Waals surface area contributed by atoms with Gasteiger partial charge in [0.2, 0.25) is 0 Å². The summed E-state index contributed by atoms with van der Waals surface area (Å²) < 4.78 is 5.37. The first-order valence-corrected chi connectivity index (χ1v) is 8.64. The van der Waals surface area contributed by atoms with Crippen LogP contribution in [0.5, 0.6) is 5.75 Å². The van der Waals surface area contributed by atoms with Gasteiger partial charge in [0.15, 0.2) is 0 Å². The molecule has 0 bridgehead atoms. The Balaban J connectivity index is 2.19. The number of aryl methyl sites for hydroxylation is 1. The van der Waals surface area contributed by atoms with Gasteiger partial charge >= 0.3 is 0 Å². The minimum Gasteiger partial charge on any atom is -0.495 e. The molecule has 1 aromatic carbocycles. The third kappa shape index (κ3) is 7.08. The van der Waals surface area contributed by atoms with Crippen LogP contribution < -0.4 is 10.1 Å². The van der Waals surface area contributed by atoms with Gasteiger partial charge in [-0.25, -0.2) is 0 Å². The highest BCUT2D eigenvalue weighted by Gasteiger charge is 2.06. The van der Waals surface area contributed by atoms with Crippen LogP contribution in [0.2, 0.25) is 5.02 Å². The van der Waals surface area contributed by atoms with Gasteiger partial charge in [0.25, 0.3) is 0 Å². The quantitative estimate of drug-likeness (QED) is 0.490. The van der Waals surface area contributed by atoms with E-state index in [1.54, 1.807) is 7.11 Å². The van der Waals surface area contributed by atoms with Crippen LogP contribution in [0.15, 0.2) is 12.1 Å². The fourth-order valence-corrected chi connectivity index (χ4v) is 2.61. The van der Waals surface area contributed by atoms with Crippen molar-refractivity contribution in [3.8, 4) is 5.75 Å². The first kappa shape index (κ1) is 18.2. The SMILES string of the molecule is CCCCCCCCCCNc1cc(C)c(Cl)cc1OC. The van der Waals surface area contributed by atoms with E-state index in [-0.39, 0.29) is 0 Å². The van der Waals surface area contributed by atoms with Crippen LogP contribution in [0.25, 0.3) is 0 Å². The topological polar surface area (TPSA) is 21.3 Å². The Morgan fingerprint density at radius 1 is 1.00 bits per heavy atom. The molecule has 0 aliphatic heterocycles. The van der Waals surface area contributed by atoms with Gasteiger partial charge in [0, 0.05) is 17.6 Å². The third-order valence-electron chi connectivity index (χ3n) is 3.83. The average molecular weight is 312 g/mol. The lowest BCUT2D eigenvalue weighted by Crippen LogP contribution is -2.03. The molecule has 0 unspecified atom stereocenters. The number of unbranched alkanes of at least 4 members (excludes halogenated alkanes) is 7. The summed E-state index contributed by atoms with van der Waals surface area (Å²) in [6.45, 7) is 5.27. The third-order valence-corrected chi connectivity index (χ3v) is 4.23. The minimum absolute atomic E-state index is 0.754. The predicted molar refractivity (Wildman–Crippen MR) is 93.8 cm³/mol. The van der Waals surface area contributed by atoms with Crippen molar-refractivity contribution >= 4 is 17.3 Å². The van der Waals surface area contributed by atoms with Crippen LogP contribution in [0.1, 0.15) is 63.9 Å². The summed E-state index contributed by atoms with van der Waals surface area (Å²) >= 11 is 6.11. The van der Waals surface area contributed by atoms with Gasteiger partial charge in [-0.05, 0) is 25.0 Å². The molecule has 1 aromatic rings. The summed E-state index contributed by atoms with van der Waals surface area (Å²) in [5.74, 6) is 0.824. The fourth-order valence-electron chi connectivity index (χ4n) is 2.45. The number of rotatable bonds is 11. The van der Waals surface area contributed by atoms with Gasteiger partial charge in [-0.1, -0.05) is 63.5 Å². The van der Waals surface area contributed by atoms with Gasteiger partial charge in [0.05, 0.1) is 12.8 Å². The molecule has 21 heavy (non-hydrogen) atoms. The number of ether oxygens (including phenoxy) is 1. The minimum atomic E-state index is 0.754. The summed E-state index contributed by atoms with van der Waals surface area (Å²) in [6.07, 6.45) is 10.7. The Bertz CT molecular complexity index is 406. The summed E-state index contributed by atoms with van der Waals surface area (Å²) in [7, 11) is 1.68. The zero-order valence-electron chi connectivity index (χ0n) is 13.8. The van der Waals surface area contributed by atoms with Gasteiger partial charge < -0.3 is 10.1 Å². The molecule has 0 saturated heterocycles. The van der Waals surface area contributed by atoms with E-state index in [1.165, 1.54) is 51.4 Å². The van der Waals surface area contributed by atoms with E-state index in [0.717, 1.165) is 28.6 Å². The van der Waals surface area contributed by atoms with E-state index < -0.39 is 0 Å². The van der Waals surface area contributed by atoms with Crippen molar-refractivity contribution in [2.24, 2.45) is 0 Å². The van der Waals surface area contributed by atoms with Crippen LogP contribution in [-0.2, 0) is 0 Å². The Hall–Kier alpha value is -0.890. The number of methoxy groups -OCH3 is 1. The predicted octanol–water partition coefficient (Wildman–Crippen LogP) is 6.21. The molecular formula is C18H30ClNO. The Morgan fingerprint density at radius 2 is 1.62 bits per heavy atom. The van der Waals surface area contributed by atoms with Crippen molar-refractivity contribution in [1.29, 1.82) is 0 Å². The maximum atomic E-state index is 6.11. The highest BCUT2D eigenvalue weighted by molar-refractivity contribution is 6.31. The second-order valence-corrected chi connectivity index (χ2v) is 6.11. The normalized spacial score (nSPS) is 10.7. The molecule has 3 heteroatoms. The lowest BCUT2D eigenvalue weighted by Gasteiger charge is -2.13. The summed E-state index contributed by atoms with van der Waals surface area (Å²) in [5, 5.41) is 4.21. The van der Waals surface area contributed by atoms with Crippen molar-refractivity contribution in [2.75, 3.05) is 19.0 Å². The maximum absolute atomic E-state index is 6.11. The molecule has 120 valence electrons. The molecule has 0 spiro atoms. The Kier molecular flexibility index (Phi) is 9.32. The lowest BCUT2D eigenvalue weighted by atomic mass is 10.1. The van der Waals surface area contributed by atoms with Crippen LogP contribution in [0, 0.1) is 6.92 Å². The maximum Gasteiger partial charge on any atom is 0.143 e. The lowest BCUT2D eigenvalue weighted by molar-refractivity contribution is 0.416. The zero-order chi connectivity index (χ0) is 15.5. The van der Waals surface area contributed by atoms with Crippen molar-refractivity contribution in [3.05, 3.63) is 22.7 Å². The number of halogens is 1. The van der Waals surface area contributed by atoms with Crippen molar-refractivity contribution in [2.45, 2.75) is 65.2 Å². The van der Waals surface area contributed by atoms with E-state index in [1.807, 2.05) is 13.0 Å². The average Bonchev–Trinajstić information content (AvgIpc) is 2.48. The largest absolute Gasteiger partial charge is 0.495 e. The number of hydrogen-bond acceptors (Lipinski definition) is 2. The Labute approximate surface area is 135 Å². The van der Waals surface area contributed by atoms with Crippen molar-refractivity contribution in [3.63, 3.8) is 0 Å². The molecular weight excluding hydrogens is 282 g/mol. The van der Waals surface area contributed by atoms with Crippen LogP contribution in [0.4, 0.5) is 5.69 Å². The van der Waals surface area contributed by atoms with Crippen molar-refractivity contribution < 1.29 is 4.74 Å². The smallest absolute Gasteiger partial charge is 0.143 e. The molecule has 0 aliphatic rings.